The molecule has 0 aromatic heterocycles. The zero-order valence-electron chi connectivity index (χ0n) is 14.5. The van der Waals surface area contributed by atoms with Crippen molar-refractivity contribution in [2.24, 2.45) is 0 Å². The Balaban J connectivity index is 1.74. The third-order valence-corrected chi connectivity index (χ3v) is 6.09. The molecule has 3 rings (SSSR count). The first-order chi connectivity index (χ1) is 12.9. The van der Waals surface area contributed by atoms with E-state index in [9.17, 15) is 13.2 Å². The van der Waals surface area contributed by atoms with Crippen LogP contribution in [0.4, 0.5) is 5.69 Å². The summed E-state index contributed by atoms with van der Waals surface area (Å²) in [6.45, 7) is 1.01. The molecule has 0 saturated carbocycles. The molecule has 138 valence electrons. The summed E-state index contributed by atoms with van der Waals surface area (Å²) >= 11 is 0. The first-order valence-electron chi connectivity index (χ1n) is 8.39. The summed E-state index contributed by atoms with van der Waals surface area (Å²) in [4.78, 5) is 13.0. The first kappa shape index (κ1) is 18.7. The van der Waals surface area contributed by atoms with E-state index in [4.69, 9.17) is 10.4 Å². The molecule has 1 heterocycles. The van der Waals surface area contributed by atoms with Gasteiger partial charge in [0.1, 0.15) is 11.6 Å². The van der Waals surface area contributed by atoms with Gasteiger partial charge in [0.15, 0.2) is 9.84 Å². The Labute approximate surface area is 157 Å². The molecule has 27 heavy (non-hydrogen) atoms. The topological polar surface area (TPSA) is 98.5 Å². The molecule has 2 aromatic rings. The summed E-state index contributed by atoms with van der Waals surface area (Å²) in [5.74, 6) is -0.877. The van der Waals surface area contributed by atoms with E-state index in [1.54, 1.807) is 18.2 Å². The van der Waals surface area contributed by atoms with E-state index in [1.807, 2.05) is 36.4 Å². The van der Waals surface area contributed by atoms with Gasteiger partial charge in [-0.05, 0) is 34.9 Å². The molecule has 0 aliphatic carbocycles. The van der Waals surface area contributed by atoms with Gasteiger partial charge in [-0.3, -0.25) is 0 Å². The minimum atomic E-state index is -2.90. The molecular weight excluding hydrogens is 364 g/mol. The number of rotatable bonds is 4. The molecule has 0 atom stereocenters. The van der Waals surface area contributed by atoms with Crippen molar-refractivity contribution in [2.45, 2.75) is 0 Å². The highest BCUT2D eigenvalue weighted by Gasteiger charge is 2.21. The lowest BCUT2D eigenvalue weighted by Gasteiger charge is -2.28. The van der Waals surface area contributed by atoms with Crippen LogP contribution in [0.5, 0.6) is 0 Å². The highest BCUT2D eigenvalue weighted by atomic mass is 32.2. The van der Waals surface area contributed by atoms with E-state index in [2.05, 4.69) is 4.90 Å². The van der Waals surface area contributed by atoms with Crippen LogP contribution in [-0.2, 0) is 14.6 Å². The zero-order chi connectivity index (χ0) is 19.4. The molecule has 0 bridgehead atoms. The summed E-state index contributed by atoms with van der Waals surface area (Å²) in [5, 5.41) is 17.7. The lowest BCUT2D eigenvalue weighted by molar-refractivity contribution is -0.132. The summed E-state index contributed by atoms with van der Waals surface area (Å²) in [7, 11) is -2.90. The quantitative estimate of drug-likeness (QED) is 0.645. The fraction of sp³-hybridized carbons (Fsp3) is 0.200. The van der Waals surface area contributed by atoms with Gasteiger partial charge in [0.2, 0.25) is 0 Å². The van der Waals surface area contributed by atoms with Crippen molar-refractivity contribution in [3.63, 3.8) is 0 Å². The van der Waals surface area contributed by atoms with E-state index < -0.39 is 15.8 Å². The van der Waals surface area contributed by atoms with Crippen molar-refractivity contribution in [3.05, 3.63) is 59.7 Å². The van der Waals surface area contributed by atoms with E-state index in [0.717, 1.165) is 16.8 Å². The third kappa shape index (κ3) is 4.54. The second-order valence-corrected chi connectivity index (χ2v) is 8.59. The molecule has 6 nitrogen and oxygen atoms in total. The van der Waals surface area contributed by atoms with Crippen molar-refractivity contribution in [1.29, 1.82) is 5.26 Å². The van der Waals surface area contributed by atoms with Gasteiger partial charge in [-0.25, -0.2) is 13.2 Å². The molecule has 1 aliphatic heterocycles. The van der Waals surface area contributed by atoms with Crippen LogP contribution in [-0.4, -0.2) is 44.1 Å². The largest absolute Gasteiger partial charge is 0.477 e. The predicted octanol–water partition coefficient (Wildman–Crippen LogP) is 2.58. The van der Waals surface area contributed by atoms with E-state index in [1.165, 1.54) is 6.08 Å². The number of benzene rings is 2. The Bertz CT molecular complexity index is 1000. The van der Waals surface area contributed by atoms with E-state index in [-0.39, 0.29) is 17.1 Å². The standard InChI is InChI=1S/C20H18N2O4S/c21-14-18(20(23)24)13-15-1-3-16(4-2-15)17-5-7-19(8-6-17)22-9-11-27(25,26)12-10-22/h1-8,13H,9-12H2,(H,23,24). The first-order valence-corrected chi connectivity index (χ1v) is 10.2. The highest BCUT2D eigenvalue weighted by molar-refractivity contribution is 7.91. The lowest BCUT2D eigenvalue weighted by atomic mass is 10.0. The molecule has 1 fully saturated rings. The van der Waals surface area contributed by atoms with Crippen LogP contribution in [0.15, 0.2) is 54.1 Å². The van der Waals surface area contributed by atoms with Crippen molar-refractivity contribution in [2.75, 3.05) is 29.5 Å². The van der Waals surface area contributed by atoms with E-state index in [0.29, 0.717) is 18.7 Å². The van der Waals surface area contributed by atoms with Crippen LogP contribution in [0, 0.1) is 11.3 Å². The molecule has 1 N–H and O–H groups in total. The number of nitrogens with zero attached hydrogens (tertiary/aromatic N) is 2. The van der Waals surface area contributed by atoms with Crippen molar-refractivity contribution < 1.29 is 18.3 Å². The molecular formula is C20H18N2O4S. The molecule has 1 aliphatic rings. The number of hydrogen-bond acceptors (Lipinski definition) is 5. The lowest BCUT2D eigenvalue weighted by Crippen LogP contribution is -2.40. The van der Waals surface area contributed by atoms with Crippen molar-refractivity contribution in [3.8, 4) is 17.2 Å². The Morgan fingerprint density at radius 2 is 1.52 bits per heavy atom. The van der Waals surface area contributed by atoms with E-state index >= 15 is 0 Å². The van der Waals surface area contributed by atoms with Crippen molar-refractivity contribution >= 4 is 27.6 Å². The minimum absolute atomic E-state index is 0.185. The molecule has 0 spiro atoms. The van der Waals surface area contributed by atoms with Crippen molar-refractivity contribution in [1.82, 2.24) is 0 Å². The van der Waals surface area contributed by atoms with Gasteiger partial charge >= 0.3 is 5.97 Å². The summed E-state index contributed by atoms with van der Waals surface area (Å²) < 4.78 is 23.1. The highest BCUT2D eigenvalue weighted by Crippen LogP contribution is 2.25. The Morgan fingerprint density at radius 1 is 1.00 bits per heavy atom. The predicted molar refractivity (Wildman–Crippen MR) is 104 cm³/mol. The second kappa shape index (κ2) is 7.64. The average Bonchev–Trinajstić information content (AvgIpc) is 2.66. The molecule has 2 aromatic carbocycles. The maximum atomic E-state index is 11.5. The van der Waals surface area contributed by atoms with Crippen LogP contribution in [0.1, 0.15) is 5.56 Å². The maximum absolute atomic E-state index is 11.5. The fourth-order valence-corrected chi connectivity index (χ4v) is 4.12. The third-order valence-electron chi connectivity index (χ3n) is 4.48. The number of carboxylic acid groups (broad SMARTS) is 1. The number of aliphatic carboxylic acids is 1. The van der Waals surface area contributed by atoms with Gasteiger partial charge in [-0.2, -0.15) is 5.26 Å². The SMILES string of the molecule is N#CC(=Cc1ccc(-c2ccc(N3CCS(=O)(=O)CC3)cc2)cc1)C(=O)O. The number of sulfone groups is 1. The van der Waals surface area contributed by atoms with Gasteiger partial charge in [0, 0.05) is 18.8 Å². The molecule has 0 radical (unpaired) electrons. The van der Waals surface area contributed by atoms with Gasteiger partial charge in [-0.1, -0.05) is 36.4 Å². The Hall–Kier alpha value is -3.11. The van der Waals surface area contributed by atoms with Crippen LogP contribution in [0.3, 0.4) is 0 Å². The molecule has 1 saturated heterocycles. The number of hydrogen-bond donors (Lipinski definition) is 1. The summed E-state index contributed by atoms with van der Waals surface area (Å²) in [5.41, 5.74) is 3.29. The minimum Gasteiger partial charge on any atom is -0.477 e. The van der Waals surface area contributed by atoms with Gasteiger partial charge in [0.25, 0.3) is 0 Å². The monoisotopic (exact) mass is 382 g/mol. The Kier molecular flexibility index (Phi) is 5.28. The van der Waals surface area contributed by atoms with Gasteiger partial charge in [0.05, 0.1) is 11.5 Å². The number of anilines is 1. The number of carbonyl (C=O) groups is 1. The zero-order valence-corrected chi connectivity index (χ0v) is 15.3. The summed E-state index contributed by atoms with van der Waals surface area (Å²) in [6, 6.07) is 16.8. The number of nitriles is 1. The molecule has 7 heteroatoms. The average molecular weight is 382 g/mol. The Morgan fingerprint density at radius 3 is 2.00 bits per heavy atom. The van der Waals surface area contributed by atoms with Gasteiger partial charge < -0.3 is 10.0 Å². The molecule has 0 unspecified atom stereocenters. The summed E-state index contributed by atoms with van der Waals surface area (Å²) in [6.07, 6.45) is 1.33. The maximum Gasteiger partial charge on any atom is 0.346 e. The normalized spacial score (nSPS) is 16.6. The second-order valence-electron chi connectivity index (χ2n) is 6.28. The number of carboxylic acids is 1. The van der Waals surface area contributed by atoms with Crippen LogP contribution < -0.4 is 4.90 Å². The van der Waals surface area contributed by atoms with Crippen LogP contribution in [0.25, 0.3) is 17.2 Å². The molecule has 0 amide bonds. The smallest absolute Gasteiger partial charge is 0.346 e. The van der Waals surface area contributed by atoms with Gasteiger partial charge in [-0.15, -0.1) is 0 Å². The van der Waals surface area contributed by atoms with Crippen LogP contribution in [0.2, 0.25) is 0 Å². The van der Waals surface area contributed by atoms with Crippen LogP contribution >= 0.6 is 0 Å². The fourth-order valence-electron chi connectivity index (χ4n) is 2.92.